The molecule has 2 amide bonds. The quantitative estimate of drug-likeness (QED) is 0.733. The number of carbonyl (C=O) groups is 2. The van der Waals surface area contributed by atoms with Gasteiger partial charge in [0.25, 0.3) is 11.8 Å². The van der Waals surface area contributed by atoms with Crippen molar-refractivity contribution in [1.82, 2.24) is 9.80 Å². The number of anilines is 1. The van der Waals surface area contributed by atoms with E-state index in [1.807, 2.05) is 63.2 Å². The highest BCUT2D eigenvalue weighted by molar-refractivity contribution is 6.45. The van der Waals surface area contributed by atoms with Gasteiger partial charge in [0.1, 0.15) is 5.70 Å². The molecule has 0 aliphatic carbocycles. The summed E-state index contributed by atoms with van der Waals surface area (Å²) in [5.74, 6) is -0.455. The fraction of sp³-hybridized carbons (Fsp3) is 0.360. The van der Waals surface area contributed by atoms with E-state index in [0.717, 1.165) is 55.0 Å². The zero-order chi connectivity index (χ0) is 21.4. The molecule has 2 aromatic carbocycles. The molecular formula is C25H29N3O2. The predicted molar refractivity (Wildman–Crippen MR) is 120 cm³/mol. The van der Waals surface area contributed by atoms with Gasteiger partial charge in [0.15, 0.2) is 0 Å². The first-order valence-corrected chi connectivity index (χ1v) is 10.7. The molecule has 0 saturated carbocycles. The van der Waals surface area contributed by atoms with E-state index < -0.39 is 0 Å². The molecule has 2 aromatic rings. The lowest BCUT2D eigenvalue weighted by Crippen LogP contribution is -2.47. The van der Waals surface area contributed by atoms with E-state index in [-0.39, 0.29) is 11.8 Å². The molecule has 5 heteroatoms. The van der Waals surface area contributed by atoms with Crippen LogP contribution in [0.4, 0.5) is 5.69 Å². The van der Waals surface area contributed by atoms with Gasteiger partial charge in [-0.1, -0.05) is 42.8 Å². The number of benzene rings is 2. The molecule has 2 aliphatic heterocycles. The van der Waals surface area contributed by atoms with Crippen molar-refractivity contribution in [2.75, 3.05) is 37.6 Å². The fourth-order valence-corrected chi connectivity index (χ4v) is 4.18. The van der Waals surface area contributed by atoms with Crippen molar-refractivity contribution in [3.8, 4) is 0 Å². The molecule has 0 bridgehead atoms. The highest BCUT2D eigenvalue weighted by atomic mass is 16.2. The van der Waals surface area contributed by atoms with Gasteiger partial charge < -0.3 is 9.80 Å². The van der Waals surface area contributed by atoms with E-state index >= 15 is 0 Å². The summed E-state index contributed by atoms with van der Waals surface area (Å²) in [5.41, 5.74) is 5.83. The van der Waals surface area contributed by atoms with Crippen molar-refractivity contribution in [3.05, 3.63) is 70.4 Å². The van der Waals surface area contributed by atoms with Gasteiger partial charge in [-0.3, -0.25) is 9.59 Å². The number of hydrogen-bond donors (Lipinski definition) is 0. The van der Waals surface area contributed by atoms with Crippen LogP contribution in [0.1, 0.15) is 29.2 Å². The average molecular weight is 404 g/mol. The van der Waals surface area contributed by atoms with Crippen LogP contribution < -0.4 is 4.90 Å². The Morgan fingerprint density at radius 2 is 1.47 bits per heavy atom. The fourth-order valence-electron chi connectivity index (χ4n) is 4.18. The van der Waals surface area contributed by atoms with E-state index in [0.29, 0.717) is 17.0 Å². The topological polar surface area (TPSA) is 43.9 Å². The summed E-state index contributed by atoms with van der Waals surface area (Å²) in [6.07, 6.45) is 0. The molecule has 2 heterocycles. The second-order valence-electron chi connectivity index (χ2n) is 8.23. The van der Waals surface area contributed by atoms with Gasteiger partial charge in [0, 0.05) is 26.2 Å². The Labute approximate surface area is 178 Å². The average Bonchev–Trinajstić information content (AvgIpc) is 3.01. The summed E-state index contributed by atoms with van der Waals surface area (Å²) < 4.78 is 0. The van der Waals surface area contributed by atoms with Gasteiger partial charge in [0.05, 0.1) is 11.3 Å². The Kier molecular flexibility index (Phi) is 5.48. The molecule has 1 fully saturated rings. The van der Waals surface area contributed by atoms with Crippen molar-refractivity contribution in [2.24, 2.45) is 0 Å². The van der Waals surface area contributed by atoms with E-state index in [1.54, 1.807) is 0 Å². The van der Waals surface area contributed by atoms with Crippen LogP contribution in [0.25, 0.3) is 5.57 Å². The lowest BCUT2D eigenvalue weighted by Gasteiger charge is -2.36. The van der Waals surface area contributed by atoms with E-state index in [2.05, 4.69) is 16.7 Å². The third-order valence-electron chi connectivity index (χ3n) is 6.28. The van der Waals surface area contributed by atoms with E-state index in [4.69, 9.17) is 0 Å². The number of piperazine rings is 1. The summed E-state index contributed by atoms with van der Waals surface area (Å²) in [4.78, 5) is 33.0. The van der Waals surface area contributed by atoms with Gasteiger partial charge in [0.2, 0.25) is 0 Å². The van der Waals surface area contributed by atoms with Crippen LogP contribution in [0.15, 0.2) is 48.2 Å². The number of likely N-dealkylation sites (N-methyl/N-ethyl adjacent to an activating group) is 1. The van der Waals surface area contributed by atoms with Crippen LogP contribution in [-0.4, -0.2) is 54.3 Å². The first-order valence-electron chi connectivity index (χ1n) is 10.7. The first kappa shape index (κ1) is 20.4. The third-order valence-corrected chi connectivity index (χ3v) is 6.28. The molecule has 0 aromatic heterocycles. The number of imide groups is 1. The maximum atomic E-state index is 13.6. The predicted octanol–water partition coefficient (Wildman–Crippen LogP) is 3.53. The summed E-state index contributed by atoms with van der Waals surface area (Å²) in [6, 6.07) is 13.6. The molecule has 30 heavy (non-hydrogen) atoms. The Hall–Kier alpha value is -2.92. The second-order valence-corrected chi connectivity index (χ2v) is 8.23. The Morgan fingerprint density at radius 3 is 2.07 bits per heavy atom. The molecule has 1 saturated heterocycles. The molecule has 0 N–H and O–H groups in total. The Morgan fingerprint density at radius 1 is 0.800 bits per heavy atom. The van der Waals surface area contributed by atoms with Crippen molar-refractivity contribution in [1.29, 1.82) is 0 Å². The summed E-state index contributed by atoms with van der Waals surface area (Å²) in [7, 11) is 0. The second kappa shape index (κ2) is 8.07. The van der Waals surface area contributed by atoms with Crippen molar-refractivity contribution in [3.63, 3.8) is 0 Å². The van der Waals surface area contributed by atoms with Gasteiger partial charge >= 0.3 is 0 Å². The number of rotatable bonds is 4. The largest absolute Gasteiger partial charge is 0.364 e. The van der Waals surface area contributed by atoms with Crippen LogP contribution in [0.2, 0.25) is 0 Å². The van der Waals surface area contributed by atoms with Crippen LogP contribution >= 0.6 is 0 Å². The summed E-state index contributed by atoms with van der Waals surface area (Å²) in [5, 5.41) is 0. The highest BCUT2D eigenvalue weighted by Gasteiger charge is 2.43. The molecule has 0 unspecified atom stereocenters. The van der Waals surface area contributed by atoms with Gasteiger partial charge in [-0.2, -0.15) is 0 Å². The zero-order valence-electron chi connectivity index (χ0n) is 18.2. The molecule has 0 radical (unpaired) electrons. The van der Waals surface area contributed by atoms with Crippen LogP contribution in [-0.2, 0) is 9.59 Å². The maximum absolute atomic E-state index is 13.6. The molecular weight excluding hydrogens is 374 g/mol. The smallest absolute Gasteiger partial charge is 0.282 e. The number of nitrogens with zero attached hydrogens (tertiary/aromatic N) is 3. The lowest BCUT2D eigenvalue weighted by molar-refractivity contribution is -0.120. The SMILES string of the molecule is CCN1CCN(C2=C(c3ccc(C)cc3)C(=O)N(c3ccc(C)c(C)c3)C2=O)CC1. The number of aryl methyl sites for hydroxylation is 3. The normalized spacial score (nSPS) is 18.0. The van der Waals surface area contributed by atoms with Gasteiger partial charge in [-0.15, -0.1) is 0 Å². The standard InChI is InChI=1S/C25H29N3O2/c1-5-26-12-14-27(15-13-26)23-22(20-9-6-17(2)7-10-20)24(29)28(25(23)30)21-11-8-18(3)19(4)16-21/h6-11,16H,5,12-15H2,1-4H3. The van der Waals surface area contributed by atoms with Crippen molar-refractivity contribution < 1.29 is 9.59 Å². The van der Waals surface area contributed by atoms with Gasteiger partial charge in [-0.25, -0.2) is 4.90 Å². The van der Waals surface area contributed by atoms with E-state index in [1.165, 1.54) is 4.90 Å². The minimum Gasteiger partial charge on any atom is -0.364 e. The summed E-state index contributed by atoms with van der Waals surface area (Å²) >= 11 is 0. The monoisotopic (exact) mass is 403 g/mol. The molecule has 2 aliphatic rings. The first-order chi connectivity index (χ1) is 14.4. The maximum Gasteiger partial charge on any atom is 0.282 e. The van der Waals surface area contributed by atoms with Crippen LogP contribution in [0.3, 0.4) is 0 Å². The molecule has 5 nitrogen and oxygen atoms in total. The Balaban J connectivity index is 1.78. The van der Waals surface area contributed by atoms with E-state index in [9.17, 15) is 9.59 Å². The molecule has 156 valence electrons. The highest BCUT2D eigenvalue weighted by Crippen LogP contribution is 2.35. The van der Waals surface area contributed by atoms with Crippen molar-refractivity contribution in [2.45, 2.75) is 27.7 Å². The van der Waals surface area contributed by atoms with Crippen molar-refractivity contribution >= 4 is 23.1 Å². The lowest BCUT2D eigenvalue weighted by atomic mass is 10.0. The molecule has 0 spiro atoms. The van der Waals surface area contributed by atoms with Gasteiger partial charge in [-0.05, 0) is 56.1 Å². The van der Waals surface area contributed by atoms with Crippen LogP contribution in [0, 0.1) is 20.8 Å². The number of carbonyl (C=O) groups excluding carboxylic acids is 2. The Bertz CT molecular complexity index is 1020. The zero-order valence-corrected chi connectivity index (χ0v) is 18.2. The molecule has 4 rings (SSSR count). The number of hydrogen-bond acceptors (Lipinski definition) is 4. The van der Waals surface area contributed by atoms with Crippen LogP contribution in [0.5, 0.6) is 0 Å². The molecule has 0 atom stereocenters. The summed E-state index contributed by atoms with van der Waals surface area (Å²) in [6.45, 7) is 12.5. The number of amides is 2. The minimum atomic E-state index is -0.236. The third kappa shape index (κ3) is 3.54. The minimum absolute atomic E-state index is 0.219.